The molecule has 2 aromatic carbocycles. The van der Waals surface area contributed by atoms with E-state index in [1.807, 2.05) is 44.6 Å². The van der Waals surface area contributed by atoms with E-state index in [1.54, 1.807) is 0 Å². The highest BCUT2D eigenvalue weighted by Crippen LogP contribution is 2.33. The molecule has 0 radical (unpaired) electrons. The molecular weight excluding hydrogens is 348 g/mol. The van der Waals surface area contributed by atoms with Crippen LogP contribution < -0.4 is 10.1 Å². The van der Waals surface area contributed by atoms with Crippen LogP contribution in [0.3, 0.4) is 0 Å². The van der Waals surface area contributed by atoms with Crippen LogP contribution in [0.15, 0.2) is 48.7 Å². The number of hydrogen-bond acceptors (Lipinski definition) is 5. The smallest absolute Gasteiger partial charge is 0.227 e. The number of benzene rings is 2. The van der Waals surface area contributed by atoms with Crippen LogP contribution in [0, 0.1) is 6.92 Å². The fourth-order valence-corrected chi connectivity index (χ4v) is 3.39. The summed E-state index contributed by atoms with van der Waals surface area (Å²) in [5, 5.41) is 3.31. The van der Waals surface area contributed by atoms with E-state index in [4.69, 9.17) is 9.72 Å². The van der Waals surface area contributed by atoms with Gasteiger partial charge in [0, 0.05) is 24.0 Å². The van der Waals surface area contributed by atoms with Crippen molar-refractivity contribution >= 4 is 11.6 Å². The van der Waals surface area contributed by atoms with Gasteiger partial charge < -0.3 is 15.0 Å². The highest BCUT2D eigenvalue weighted by Gasteiger charge is 2.18. The number of likely N-dealkylation sites (N-methyl/N-ethyl adjacent to an activating group) is 1. The first-order chi connectivity index (χ1) is 13.6. The summed E-state index contributed by atoms with van der Waals surface area (Å²) in [5.74, 6) is 1.48. The van der Waals surface area contributed by atoms with Gasteiger partial charge in [0.15, 0.2) is 0 Å². The fourth-order valence-electron chi connectivity index (χ4n) is 3.39. The first-order valence-electron chi connectivity index (χ1n) is 9.69. The lowest BCUT2D eigenvalue weighted by Gasteiger charge is -2.19. The van der Waals surface area contributed by atoms with E-state index in [0.29, 0.717) is 12.6 Å². The Kier molecular flexibility index (Phi) is 5.26. The first-order valence-corrected chi connectivity index (χ1v) is 9.69. The van der Waals surface area contributed by atoms with E-state index < -0.39 is 0 Å². The lowest BCUT2D eigenvalue weighted by Crippen LogP contribution is -2.19. The Bertz CT molecular complexity index is 967. The molecular formula is C23H26N4O. The minimum Gasteiger partial charge on any atom is -0.492 e. The summed E-state index contributed by atoms with van der Waals surface area (Å²) in [5.41, 5.74) is 7.06. The van der Waals surface area contributed by atoms with Crippen LogP contribution in [0.25, 0.3) is 11.3 Å². The molecule has 0 unspecified atom stereocenters. The monoisotopic (exact) mass is 374 g/mol. The molecule has 0 amide bonds. The molecule has 0 fully saturated rings. The third-order valence-electron chi connectivity index (χ3n) is 4.97. The van der Waals surface area contributed by atoms with E-state index in [-0.39, 0.29) is 0 Å². The van der Waals surface area contributed by atoms with Gasteiger partial charge in [-0.05, 0) is 75.3 Å². The van der Waals surface area contributed by atoms with Crippen molar-refractivity contribution in [2.24, 2.45) is 0 Å². The summed E-state index contributed by atoms with van der Waals surface area (Å²) in [6, 6.07) is 14.5. The Morgan fingerprint density at radius 3 is 2.61 bits per heavy atom. The van der Waals surface area contributed by atoms with Gasteiger partial charge >= 0.3 is 0 Å². The van der Waals surface area contributed by atoms with Gasteiger partial charge in [-0.15, -0.1) is 0 Å². The molecule has 1 aromatic heterocycles. The number of ether oxygens (including phenoxy) is 1. The predicted molar refractivity (Wildman–Crippen MR) is 113 cm³/mol. The molecule has 28 heavy (non-hydrogen) atoms. The Balaban J connectivity index is 1.50. The Hall–Kier alpha value is -2.92. The SMILES string of the molecule is Cc1ccc2c(c1)-c1nc(Nc3ccc(OCCN(C)C)cc3)ncc1CC2. The first kappa shape index (κ1) is 18.4. The molecule has 5 nitrogen and oxygen atoms in total. The van der Waals surface area contributed by atoms with Gasteiger partial charge in [-0.1, -0.05) is 17.7 Å². The quantitative estimate of drug-likeness (QED) is 0.700. The lowest BCUT2D eigenvalue weighted by atomic mass is 9.89. The Morgan fingerprint density at radius 1 is 1.04 bits per heavy atom. The van der Waals surface area contributed by atoms with E-state index >= 15 is 0 Å². The van der Waals surface area contributed by atoms with Crippen LogP contribution in [-0.2, 0) is 12.8 Å². The molecule has 1 N–H and O–H groups in total. The highest BCUT2D eigenvalue weighted by molar-refractivity contribution is 5.71. The molecule has 3 aromatic rings. The van der Waals surface area contributed by atoms with E-state index in [1.165, 1.54) is 22.3 Å². The molecule has 0 aliphatic heterocycles. The lowest BCUT2D eigenvalue weighted by molar-refractivity contribution is 0.261. The molecule has 4 rings (SSSR count). The van der Waals surface area contributed by atoms with Crippen LogP contribution in [0.2, 0.25) is 0 Å². The zero-order valence-corrected chi connectivity index (χ0v) is 16.7. The maximum atomic E-state index is 5.75. The average molecular weight is 374 g/mol. The van der Waals surface area contributed by atoms with Crippen molar-refractivity contribution in [3.63, 3.8) is 0 Å². The van der Waals surface area contributed by atoms with Crippen molar-refractivity contribution in [1.29, 1.82) is 0 Å². The van der Waals surface area contributed by atoms with Crippen LogP contribution in [-0.4, -0.2) is 42.1 Å². The van der Waals surface area contributed by atoms with E-state index in [2.05, 4.69) is 40.3 Å². The van der Waals surface area contributed by atoms with Crippen molar-refractivity contribution in [3.05, 3.63) is 65.4 Å². The van der Waals surface area contributed by atoms with E-state index in [0.717, 1.165) is 36.5 Å². The van der Waals surface area contributed by atoms with Crippen LogP contribution in [0.1, 0.15) is 16.7 Å². The maximum Gasteiger partial charge on any atom is 0.227 e. The van der Waals surface area contributed by atoms with Gasteiger partial charge in [0.1, 0.15) is 12.4 Å². The van der Waals surface area contributed by atoms with Gasteiger partial charge in [-0.25, -0.2) is 9.97 Å². The van der Waals surface area contributed by atoms with Gasteiger partial charge in [0.05, 0.1) is 5.69 Å². The van der Waals surface area contributed by atoms with Crippen molar-refractivity contribution < 1.29 is 4.74 Å². The molecule has 1 heterocycles. The minimum absolute atomic E-state index is 0.620. The molecule has 0 bridgehead atoms. The number of nitrogens with one attached hydrogen (secondary N) is 1. The van der Waals surface area contributed by atoms with Crippen LogP contribution >= 0.6 is 0 Å². The normalized spacial score (nSPS) is 12.4. The van der Waals surface area contributed by atoms with Gasteiger partial charge in [-0.2, -0.15) is 0 Å². The summed E-state index contributed by atoms with van der Waals surface area (Å²) in [6.45, 7) is 3.69. The molecule has 0 saturated heterocycles. The Morgan fingerprint density at radius 2 is 1.82 bits per heavy atom. The summed E-state index contributed by atoms with van der Waals surface area (Å²) >= 11 is 0. The molecule has 0 spiro atoms. The van der Waals surface area contributed by atoms with Crippen molar-refractivity contribution in [2.75, 3.05) is 32.6 Å². The number of aryl methyl sites for hydroxylation is 3. The van der Waals surface area contributed by atoms with Crippen LogP contribution in [0.5, 0.6) is 5.75 Å². The van der Waals surface area contributed by atoms with Crippen molar-refractivity contribution in [1.82, 2.24) is 14.9 Å². The summed E-state index contributed by atoms with van der Waals surface area (Å²) < 4.78 is 5.75. The minimum atomic E-state index is 0.620. The zero-order chi connectivity index (χ0) is 19.5. The number of nitrogens with zero attached hydrogens (tertiary/aromatic N) is 3. The molecule has 5 heteroatoms. The predicted octanol–water partition coefficient (Wildman–Crippen LogP) is 4.23. The third-order valence-corrected chi connectivity index (χ3v) is 4.97. The van der Waals surface area contributed by atoms with Gasteiger partial charge in [0.25, 0.3) is 0 Å². The fraction of sp³-hybridized carbons (Fsp3) is 0.304. The number of rotatable bonds is 6. The number of anilines is 2. The number of aromatic nitrogens is 2. The van der Waals surface area contributed by atoms with Crippen LogP contribution in [0.4, 0.5) is 11.6 Å². The molecule has 1 aliphatic carbocycles. The zero-order valence-electron chi connectivity index (χ0n) is 16.7. The number of hydrogen-bond donors (Lipinski definition) is 1. The maximum absolute atomic E-state index is 5.75. The second kappa shape index (κ2) is 7.98. The summed E-state index contributed by atoms with van der Waals surface area (Å²) in [7, 11) is 4.07. The van der Waals surface area contributed by atoms with E-state index in [9.17, 15) is 0 Å². The standard InChI is InChI=1S/C23H26N4O/c1-16-4-5-17-6-7-18-15-24-23(26-22(18)21(17)14-16)25-19-8-10-20(11-9-19)28-13-12-27(2)3/h4-5,8-11,14-15H,6-7,12-13H2,1-3H3,(H,24,25,26). The molecule has 144 valence electrons. The van der Waals surface area contributed by atoms with Crippen molar-refractivity contribution in [2.45, 2.75) is 19.8 Å². The topological polar surface area (TPSA) is 50.3 Å². The highest BCUT2D eigenvalue weighted by atomic mass is 16.5. The molecule has 0 atom stereocenters. The largest absolute Gasteiger partial charge is 0.492 e. The third kappa shape index (κ3) is 4.15. The van der Waals surface area contributed by atoms with Gasteiger partial charge in [-0.3, -0.25) is 0 Å². The number of fused-ring (bicyclic) bond motifs is 3. The summed E-state index contributed by atoms with van der Waals surface area (Å²) in [6.07, 6.45) is 3.99. The Labute approximate surface area is 166 Å². The van der Waals surface area contributed by atoms with Crippen molar-refractivity contribution in [3.8, 4) is 17.0 Å². The van der Waals surface area contributed by atoms with Gasteiger partial charge in [0.2, 0.25) is 5.95 Å². The summed E-state index contributed by atoms with van der Waals surface area (Å²) in [4.78, 5) is 11.4. The second-order valence-corrected chi connectivity index (χ2v) is 7.53. The second-order valence-electron chi connectivity index (χ2n) is 7.53. The molecule has 0 saturated carbocycles. The molecule has 1 aliphatic rings. The average Bonchev–Trinajstić information content (AvgIpc) is 2.69.